The van der Waals surface area contributed by atoms with Crippen LogP contribution in [-0.4, -0.2) is 9.97 Å². The third-order valence-electron chi connectivity index (χ3n) is 2.53. The molecule has 0 aliphatic carbocycles. The minimum atomic E-state index is 0.453. The Bertz CT molecular complexity index is 625. The first-order chi connectivity index (χ1) is 8.33. The van der Waals surface area contributed by atoms with Gasteiger partial charge in [-0.05, 0) is 17.7 Å². The fourth-order valence-electron chi connectivity index (χ4n) is 1.70. The van der Waals surface area contributed by atoms with Gasteiger partial charge in [0.1, 0.15) is 0 Å². The number of nitrogens with zero attached hydrogens (tertiary/aromatic N) is 1. The molecule has 0 saturated heterocycles. The zero-order valence-electron chi connectivity index (χ0n) is 9.05. The molecule has 0 unspecified atom stereocenters. The lowest BCUT2D eigenvalue weighted by Gasteiger charge is -1.94. The van der Waals surface area contributed by atoms with Gasteiger partial charge >= 0.3 is 0 Å². The minimum Gasteiger partial charge on any atom is -0.369 e. The molecule has 0 fully saturated rings. The van der Waals surface area contributed by atoms with E-state index in [1.807, 2.05) is 18.2 Å². The van der Waals surface area contributed by atoms with Crippen LogP contribution in [0.25, 0.3) is 21.0 Å². The first-order valence-electron chi connectivity index (χ1n) is 5.29. The number of imidazole rings is 1. The van der Waals surface area contributed by atoms with Gasteiger partial charge in [-0.15, -0.1) is 11.3 Å². The largest absolute Gasteiger partial charge is 0.369 e. The highest BCUT2D eigenvalue weighted by atomic mass is 32.1. The molecule has 0 saturated carbocycles. The van der Waals surface area contributed by atoms with Gasteiger partial charge in [-0.1, -0.05) is 30.3 Å². The Balaban J connectivity index is 1.99. The quantitative estimate of drug-likeness (QED) is 0.722. The predicted molar refractivity (Wildman–Crippen MR) is 71.7 cm³/mol. The van der Waals surface area contributed by atoms with Crippen LogP contribution in [0.15, 0.2) is 48.7 Å². The molecular formula is C13H11N3S. The van der Waals surface area contributed by atoms with Crippen LogP contribution >= 0.6 is 11.3 Å². The molecule has 0 aliphatic heterocycles. The van der Waals surface area contributed by atoms with Crippen molar-refractivity contribution in [3.63, 3.8) is 0 Å². The molecule has 4 heteroatoms. The summed E-state index contributed by atoms with van der Waals surface area (Å²) in [6, 6.07) is 14.5. The normalized spacial score (nSPS) is 10.6. The van der Waals surface area contributed by atoms with Crippen LogP contribution < -0.4 is 5.73 Å². The molecular weight excluding hydrogens is 230 g/mol. The zero-order chi connectivity index (χ0) is 11.7. The van der Waals surface area contributed by atoms with Crippen molar-refractivity contribution < 1.29 is 0 Å². The Labute approximate surface area is 103 Å². The summed E-state index contributed by atoms with van der Waals surface area (Å²) in [7, 11) is 0. The zero-order valence-corrected chi connectivity index (χ0v) is 9.87. The van der Waals surface area contributed by atoms with Crippen LogP contribution in [0, 0.1) is 0 Å². The summed E-state index contributed by atoms with van der Waals surface area (Å²) in [4.78, 5) is 9.43. The summed E-state index contributed by atoms with van der Waals surface area (Å²) in [6.07, 6.45) is 1.76. The third-order valence-corrected chi connectivity index (χ3v) is 3.69. The van der Waals surface area contributed by atoms with Crippen molar-refractivity contribution in [1.29, 1.82) is 0 Å². The number of H-pyrrole nitrogens is 1. The Kier molecular flexibility index (Phi) is 2.42. The van der Waals surface area contributed by atoms with Gasteiger partial charge in [0.25, 0.3) is 0 Å². The Morgan fingerprint density at radius 3 is 2.47 bits per heavy atom. The van der Waals surface area contributed by atoms with Crippen molar-refractivity contribution in [2.45, 2.75) is 0 Å². The van der Waals surface area contributed by atoms with E-state index in [0.29, 0.717) is 5.95 Å². The molecule has 3 rings (SSSR count). The van der Waals surface area contributed by atoms with E-state index in [4.69, 9.17) is 5.73 Å². The minimum absolute atomic E-state index is 0.453. The second-order valence-corrected chi connectivity index (χ2v) is 4.80. The van der Waals surface area contributed by atoms with Crippen molar-refractivity contribution in [2.24, 2.45) is 0 Å². The molecule has 2 heterocycles. The molecule has 84 valence electrons. The highest BCUT2D eigenvalue weighted by Crippen LogP contribution is 2.33. The Morgan fingerprint density at radius 1 is 1.00 bits per heavy atom. The van der Waals surface area contributed by atoms with E-state index in [1.54, 1.807) is 17.5 Å². The van der Waals surface area contributed by atoms with Gasteiger partial charge in [0.05, 0.1) is 16.8 Å². The maximum atomic E-state index is 5.57. The maximum Gasteiger partial charge on any atom is 0.197 e. The van der Waals surface area contributed by atoms with Crippen molar-refractivity contribution in [3.05, 3.63) is 48.7 Å². The molecule has 0 radical (unpaired) electrons. The van der Waals surface area contributed by atoms with Crippen molar-refractivity contribution in [1.82, 2.24) is 9.97 Å². The van der Waals surface area contributed by atoms with E-state index in [-0.39, 0.29) is 0 Å². The average Bonchev–Trinajstić information content (AvgIpc) is 2.98. The van der Waals surface area contributed by atoms with Gasteiger partial charge in [-0.3, -0.25) is 0 Å². The van der Waals surface area contributed by atoms with Crippen molar-refractivity contribution in [2.75, 3.05) is 5.73 Å². The monoisotopic (exact) mass is 241 g/mol. The maximum absolute atomic E-state index is 5.57. The van der Waals surface area contributed by atoms with Crippen molar-refractivity contribution in [3.8, 4) is 21.0 Å². The number of nitrogen functional groups attached to an aromatic ring is 1. The van der Waals surface area contributed by atoms with Gasteiger partial charge in [-0.25, -0.2) is 4.98 Å². The van der Waals surface area contributed by atoms with Gasteiger partial charge in [0.2, 0.25) is 0 Å². The summed E-state index contributed by atoms with van der Waals surface area (Å²) >= 11 is 1.73. The fourth-order valence-corrected chi connectivity index (χ4v) is 2.68. The first-order valence-corrected chi connectivity index (χ1v) is 6.11. The molecule has 3 aromatic rings. The first kappa shape index (κ1) is 10.1. The number of benzene rings is 1. The lowest BCUT2D eigenvalue weighted by atomic mass is 10.2. The highest BCUT2D eigenvalue weighted by Gasteiger charge is 2.06. The van der Waals surface area contributed by atoms with E-state index in [0.717, 1.165) is 10.6 Å². The fraction of sp³-hybridized carbons (Fsp3) is 0. The van der Waals surface area contributed by atoms with Gasteiger partial charge in [-0.2, -0.15) is 0 Å². The number of hydrogen-bond acceptors (Lipinski definition) is 3. The van der Waals surface area contributed by atoms with E-state index in [2.05, 4.69) is 34.2 Å². The number of hydrogen-bond donors (Lipinski definition) is 2. The smallest absolute Gasteiger partial charge is 0.197 e. The second kappa shape index (κ2) is 4.07. The van der Waals surface area contributed by atoms with E-state index >= 15 is 0 Å². The van der Waals surface area contributed by atoms with Crippen LogP contribution in [0.4, 0.5) is 5.95 Å². The average molecular weight is 241 g/mol. The van der Waals surface area contributed by atoms with Crippen LogP contribution in [0.2, 0.25) is 0 Å². The SMILES string of the molecule is Nc1ncc(-c2ccc(-c3ccccc3)s2)[nH]1. The Morgan fingerprint density at radius 2 is 1.76 bits per heavy atom. The van der Waals surface area contributed by atoms with Crippen LogP contribution in [0.5, 0.6) is 0 Å². The molecule has 0 aliphatic rings. The van der Waals surface area contributed by atoms with Gasteiger partial charge < -0.3 is 10.7 Å². The number of aromatic nitrogens is 2. The van der Waals surface area contributed by atoms with Gasteiger partial charge in [0.15, 0.2) is 5.95 Å². The van der Waals surface area contributed by atoms with Crippen LogP contribution in [0.1, 0.15) is 0 Å². The molecule has 0 spiro atoms. The number of anilines is 1. The Hall–Kier alpha value is -2.07. The molecule has 0 amide bonds. The third kappa shape index (κ3) is 1.94. The summed E-state index contributed by atoms with van der Waals surface area (Å²) in [6.45, 7) is 0. The molecule has 0 bridgehead atoms. The molecule has 1 aromatic carbocycles. The second-order valence-electron chi connectivity index (χ2n) is 3.71. The number of nitrogens with two attached hydrogens (primary N) is 1. The van der Waals surface area contributed by atoms with E-state index in [1.165, 1.54) is 10.4 Å². The summed E-state index contributed by atoms with van der Waals surface area (Å²) < 4.78 is 0. The van der Waals surface area contributed by atoms with E-state index in [9.17, 15) is 0 Å². The number of nitrogens with one attached hydrogen (secondary N) is 1. The lowest BCUT2D eigenvalue weighted by molar-refractivity contribution is 1.33. The predicted octanol–water partition coefficient (Wildman–Crippen LogP) is 3.39. The van der Waals surface area contributed by atoms with Crippen molar-refractivity contribution >= 4 is 17.3 Å². The van der Waals surface area contributed by atoms with Crippen LogP contribution in [-0.2, 0) is 0 Å². The van der Waals surface area contributed by atoms with E-state index < -0.39 is 0 Å². The standard InChI is InChI=1S/C13H11N3S/c14-13-15-8-10(16-13)12-7-6-11(17-12)9-4-2-1-3-5-9/h1-8H,(H3,14,15,16). The topological polar surface area (TPSA) is 54.7 Å². The number of rotatable bonds is 2. The summed E-state index contributed by atoms with van der Waals surface area (Å²) in [5, 5.41) is 0. The molecule has 17 heavy (non-hydrogen) atoms. The molecule has 3 nitrogen and oxygen atoms in total. The molecule has 3 N–H and O–H groups in total. The number of aromatic amines is 1. The molecule has 2 aromatic heterocycles. The molecule has 0 atom stereocenters. The summed E-state index contributed by atoms with van der Waals surface area (Å²) in [5.41, 5.74) is 7.77. The lowest BCUT2D eigenvalue weighted by Crippen LogP contribution is -1.84. The van der Waals surface area contributed by atoms with Gasteiger partial charge in [0, 0.05) is 4.88 Å². The number of thiophene rings is 1. The highest BCUT2D eigenvalue weighted by molar-refractivity contribution is 7.18. The van der Waals surface area contributed by atoms with Crippen LogP contribution in [0.3, 0.4) is 0 Å². The summed E-state index contributed by atoms with van der Waals surface area (Å²) in [5.74, 6) is 0.453.